The number of aryl methyl sites for hydroxylation is 2. The molecule has 0 aliphatic carbocycles. The third-order valence-corrected chi connectivity index (χ3v) is 6.27. The van der Waals surface area contributed by atoms with Crippen LogP contribution < -0.4 is 16.2 Å². The van der Waals surface area contributed by atoms with E-state index in [2.05, 4.69) is 26.6 Å². The summed E-state index contributed by atoms with van der Waals surface area (Å²) in [7, 11) is 1.69. The summed E-state index contributed by atoms with van der Waals surface area (Å²) in [5.74, 6) is 0. The van der Waals surface area contributed by atoms with E-state index in [0.717, 1.165) is 15.6 Å². The van der Waals surface area contributed by atoms with Gasteiger partial charge in [0.1, 0.15) is 11.4 Å². The van der Waals surface area contributed by atoms with Crippen LogP contribution in [0.3, 0.4) is 0 Å². The number of nitro groups is 2. The number of hydrogen-bond acceptors (Lipinski definition) is 9. The number of anilines is 2. The summed E-state index contributed by atoms with van der Waals surface area (Å²) in [4.78, 5) is 33.1. The second-order valence-corrected chi connectivity index (χ2v) is 10.8. The van der Waals surface area contributed by atoms with Crippen molar-refractivity contribution in [2.24, 2.45) is 7.05 Å². The quantitative estimate of drug-likeness (QED) is 0.124. The highest BCUT2D eigenvalue weighted by molar-refractivity contribution is 9.10. The summed E-state index contributed by atoms with van der Waals surface area (Å²) >= 11 is 3.28. The summed E-state index contributed by atoms with van der Waals surface area (Å²) in [5.41, 5.74) is 3.20. The number of aromatic nitrogens is 1. The van der Waals surface area contributed by atoms with E-state index < -0.39 is 9.85 Å². The van der Waals surface area contributed by atoms with Gasteiger partial charge in [-0.15, -0.1) is 0 Å². The predicted octanol–water partition coefficient (Wildman–Crippen LogP) is 6.30. The molecule has 228 valence electrons. The fraction of sp³-hybridized carbons (Fsp3) is 0.414. The van der Waals surface area contributed by atoms with Crippen LogP contribution in [0.25, 0.3) is 11.1 Å². The molecule has 3 aromatic rings. The lowest BCUT2D eigenvalue weighted by Crippen LogP contribution is -2.18. The number of hydrogen-bond donors (Lipinski definition) is 2. The normalized spacial score (nSPS) is 10.8. The number of nitrogens with zero attached hydrogens (tertiary/aromatic N) is 3. The molecule has 0 aliphatic rings. The SMILES string of the molecule is CC(C)OCCNc1cc(Br)ccc1[N+](=O)[O-].Cc1cc(-c2ccc([N+](=O)[O-])c(NCCOC(C)C)c2)cn(C)c1=O. The van der Waals surface area contributed by atoms with Crippen molar-refractivity contribution in [3.05, 3.63) is 89.3 Å². The monoisotopic (exact) mass is 647 g/mol. The average molecular weight is 649 g/mol. The van der Waals surface area contributed by atoms with Gasteiger partial charge in [-0.2, -0.15) is 0 Å². The third kappa shape index (κ3) is 10.9. The molecule has 1 heterocycles. The van der Waals surface area contributed by atoms with E-state index in [4.69, 9.17) is 9.47 Å². The van der Waals surface area contributed by atoms with Gasteiger partial charge in [0.15, 0.2) is 0 Å². The Bertz CT molecular complexity index is 1400. The molecule has 0 saturated heterocycles. The van der Waals surface area contributed by atoms with Crippen molar-refractivity contribution in [1.29, 1.82) is 0 Å². The number of ether oxygens (including phenoxy) is 2. The van der Waals surface area contributed by atoms with Crippen molar-refractivity contribution < 1.29 is 19.3 Å². The second kappa shape index (κ2) is 16.6. The van der Waals surface area contributed by atoms with Crippen molar-refractivity contribution >= 4 is 38.7 Å². The van der Waals surface area contributed by atoms with E-state index in [1.54, 1.807) is 50.5 Å². The lowest BCUT2D eigenvalue weighted by molar-refractivity contribution is -0.384. The molecule has 0 atom stereocenters. The molecule has 1 aromatic heterocycles. The maximum Gasteiger partial charge on any atom is 0.292 e. The minimum Gasteiger partial charge on any atom is -0.377 e. The topological polar surface area (TPSA) is 151 Å². The fourth-order valence-electron chi connectivity index (χ4n) is 3.82. The van der Waals surface area contributed by atoms with E-state index in [-0.39, 0.29) is 29.1 Å². The number of nitrogens with one attached hydrogen (secondary N) is 2. The van der Waals surface area contributed by atoms with Crippen molar-refractivity contribution in [3.63, 3.8) is 0 Å². The van der Waals surface area contributed by atoms with Gasteiger partial charge in [0.2, 0.25) is 0 Å². The zero-order chi connectivity index (χ0) is 31.4. The molecule has 12 nitrogen and oxygen atoms in total. The highest BCUT2D eigenvalue weighted by Crippen LogP contribution is 2.30. The Balaban J connectivity index is 0.000000317. The summed E-state index contributed by atoms with van der Waals surface area (Å²) < 4.78 is 13.1. The average Bonchev–Trinajstić information content (AvgIpc) is 2.91. The van der Waals surface area contributed by atoms with Gasteiger partial charge in [0.25, 0.3) is 16.9 Å². The minimum absolute atomic E-state index is 0.00911. The smallest absolute Gasteiger partial charge is 0.292 e. The van der Waals surface area contributed by atoms with E-state index in [1.807, 2.05) is 27.7 Å². The van der Waals surface area contributed by atoms with Crippen LogP contribution in [-0.4, -0.2) is 52.9 Å². The van der Waals surface area contributed by atoms with Crippen LogP contribution >= 0.6 is 15.9 Å². The van der Waals surface area contributed by atoms with Crippen LogP contribution in [0, 0.1) is 27.2 Å². The van der Waals surface area contributed by atoms with Gasteiger partial charge in [0, 0.05) is 48.5 Å². The van der Waals surface area contributed by atoms with Gasteiger partial charge < -0.3 is 24.7 Å². The number of benzene rings is 2. The molecule has 42 heavy (non-hydrogen) atoms. The highest BCUT2D eigenvalue weighted by atomic mass is 79.9. The molecule has 0 saturated carbocycles. The first-order valence-electron chi connectivity index (χ1n) is 13.4. The second-order valence-electron chi connectivity index (χ2n) is 9.93. The van der Waals surface area contributed by atoms with E-state index >= 15 is 0 Å². The van der Waals surface area contributed by atoms with Gasteiger partial charge in [-0.3, -0.25) is 25.0 Å². The third-order valence-electron chi connectivity index (χ3n) is 5.78. The van der Waals surface area contributed by atoms with Gasteiger partial charge in [0.05, 0.1) is 35.3 Å². The molecule has 0 fully saturated rings. The first-order chi connectivity index (χ1) is 19.8. The number of halogens is 1. The lowest BCUT2D eigenvalue weighted by atomic mass is 10.0. The van der Waals surface area contributed by atoms with Gasteiger partial charge in [-0.25, -0.2) is 0 Å². The van der Waals surface area contributed by atoms with E-state index in [9.17, 15) is 25.0 Å². The molecule has 2 N–H and O–H groups in total. The predicted molar refractivity (Wildman–Crippen MR) is 168 cm³/mol. The molecule has 0 amide bonds. The first kappa shape index (κ1) is 34.4. The summed E-state index contributed by atoms with van der Waals surface area (Å²) in [6, 6.07) is 11.5. The van der Waals surface area contributed by atoms with Crippen molar-refractivity contribution in [2.45, 2.75) is 46.8 Å². The zero-order valence-corrected chi connectivity index (χ0v) is 26.3. The molecule has 0 radical (unpaired) electrons. The molecule has 0 unspecified atom stereocenters. The van der Waals surface area contributed by atoms with Crippen molar-refractivity contribution in [2.75, 3.05) is 36.9 Å². The van der Waals surface area contributed by atoms with Crippen LogP contribution in [0.15, 0.2) is 57.9 Å². The van der Waals surface area contributed by atoms with Crippen LogP contribution in [0.1, 0.15) is 33.3 Å². The summed E-state index contributed by atoms with van der Waals surface area (Å²) in [6.07, 6.45) is 1.99. The molecule has 0 spiro atoms. The zero-order valence-electron chi connectivity index (χ0n) is 24.7. The maximum absolute atomic E-state index is 11.8. The van der Waals surface area contributed by atoms with Crippen LogP contribution in [0.2, 0.25) is 0 Å². The van der Waals surface area contributed by atoms with E-state index in [1.165, 1.54) is 16.7 Å². The number of rotatable bonds is 13. The van der Waals surface area contributed by atoms with E-state index in [0.29, 0.717) is 43.2 Å². The van der Waals surface area contributed by atoms with Gasteiger partial charge in [-0.1, -0.05) is 15.9 Å². The largest absolute Gasteiger partial charge is 0.377 e. The van der Waals surface area contributed by atoms with Crippen LogP contribution in [0.4, 0.5) is 22.7 Å². The Morgan fingerprint density at radius 3 is 1.81 bits per heavy atom. The summed E-state index contributed by atoms with van der Waals surface area (Å²) in [6.45, 7) is 11.5. The molecule has 2 aromatic carbocycles. The van der Waals surface area contributed by atoms with Gasteiger partial charge >= 0.3 is 0 Å². The van der Waals surface area contributed by atoms with Crippen molar-refractivity contribution in [3.8, 4) is 11.1 Å². The van der Waals surface area contributed by atoms with Crippen LogP contribution in [-0.2, 0) is 16.5 Å². The Hall–Kier alpha value is -3.81. The molecular weight excluding hydrogens is 610 g/mol. The Morgan fingerprint density at radius 1 is 0.833 bits per heavy atom. The molecule has 3 rings (SSSR count). The highest BCUT2D eigenvalue weighted by Gasteiger charge is 2.16. The number of pyridine rings is 1. The number of nitro benzene ring substituents is 2. The Labute approximate surface area is 253 Å². The molecule has 13 heteroatoms. The standard InChI is InChI=1S/C18H23N3O4.C11H15BrN2O3/c1-12(2)25-8-7-19-16-10-14(5-6-17(16)21(23)24)15-9-13(3)18(22)20(4)11-15;1-8(2)17-6-5-13-10-7-9(12)3-4-11(10)14(15)16/h5-6,9-12,19H,7-8H2,1-4H3;3-4,7-8,13H,5-6H2,1-2H3. The Morgan fingerprint density at radius 2 is 1.33 bits per heavy atom. The minimum atomic E-state index is -0.415. The van der Waals surface area contributed by atoms with Gasteiger partial charge in [-0.05, 0) is 76.1 Å². The first-order valence-corrected chi connectivity index (χ1v) is 14.2. The maximum atomic E-state index is 11.8. The fourth-order valence-corrected chi connectivity index (χ4v) is 4.18. The molecule has 0 aliphatic heterocycles. The molecule has 0 bridgehead atoms. The lowest BCUT2D eigenvalue weighted by Gasteiger charge is -2.12. The van der Waals surface area contributed by atoms with Crippen LogP contribution in [0.5, 0.6) is 0 Å². The molecular formula is C29H38BrN5O7. The summed E-state index contributed by atoms with van der Waals surface area (Å²) in [5, 5.41) is 28.1. The Kier molecular flexibility index (Phi) is 13.6. The van der Waals surface area contributed by atoms with Crippen molar-refractivity contribution in [1.82, 2.24) is 4.57 Å².